The fourth-order valence-electron chi connectivity index (χ4n) is 7.23. The van der Waals surface area contributed by atoms with Gasteiger partial charge in [0.2, 0.25) is 10.0 Å². The predicted molar refractivity (Wildman–Crippen MR) is 225 cm³/mol. The van der Waals surface area contributed by atoms with Crippen LogP contribution in [0.4, 0.5) is 4.79 Å². The Balaban J connectivity index is 1.41. The fourth-order valence-corrected chi connectivity index (χ4v) is 10.2. The van der Waals surface area contributed by atoms with E-state index in [0.717, 1.165) is 11.1 Å². The molecule has 1 amide bonds. The van der Waals surface area contributed by atoms with Crippen LogP contribution in [-0.2, 0) is 62.0 Å². The Morgan fingerprint density at radius 2 is 1.48 bits per heavy atom. The minimum absolute atomic E-state index is 0.0355. The summed E-state index contributed by atoms with van der Waals surface area (Å²) in [6.45, 7) is 5.52. The molecule has 0 bridgehead atoms. The second kappa shape index (κ2) is 20.9. The molecule has 320 valence electrons. The highest BCUT2D eigenvalue weighted by Gasteiger charge is 2.45. The first-order valence-corrected chi connectivity index (χ1v) is 23.1. The van der Waals surface area contributed by atoms with Gasteiger partial charge < -0.3 is 19.5 Å². The monoisotopic (exact) mass is 859 g/mol. The number of amides is 1. The van der Waals surface area contributed by atoms with Crippen LogP contribution >= 0.6 is 7.82 Å². The Morgan fingerprint density at radius 3 is 2.07 bits per heavy atom. The van der Waals surface area contributed by atoms with Gasteiger partial charge in [-0.1, -0.05) is 123 Å². The molecule has 4 aromatic rings. The largest absolute Gasteiger partial charge is 0.475 e. The first-order chi connectivity index (χ1) is 28.8. The van der Waals surface area contributed by atoms with Crippen LogP contribution in [0.1, 0.15) is 55.4 Å². The van der Waals surface area contributed by atoms with Gasteiger partial charge in [-0.3, -0.25) is 13.6 Å². The number of rotatable bonds is 21. The van der Waals surface area contributed by atoms with Crippen molar-refractivity contribution in [2.24, 2.45) is 11.3 Å². The van der Waals surface area contributed by atoms with Crippen LogP contribution in [-0.4, -0.2) is 69.7 Å². The number of aryl methyl sites for hydroxylation is 1. The summed E-state index contributed by atoms with van der Waals surface area (Å²) < 4.78 is 82.1. The second-order valence-electron chi connectivity index (χ2n) is 16.0. The van der Waals surface area contributed by atoms with Gasteiger partial charge in [-0.15, -0.1) is 0 Å². The van der Waals surface area contributed by atoms with Crippen molar-refractivity contribution in [3.63, 3.8) is 0 Å². The first-order valence-electron chi connectivity index (χ1n) is 20.2. The topological polar surface area (TPSA) is 163 Å². The van der Waals surface area contributed by atoms with Crippen LogP contribution in [0.25, 0.3) is 0 Å². The van der Waals surface area contributed by atoms with E-state index in [1.54, 1.807) is 36.4 Å². The molecule has 0 radical (unpaired) electrons. The highest BCUT2D eigenvalue weighted by Crippen LogP contribution is 2.53. The summed E-state index contributed by atoms with van der Waals surface area (Å²) in [6.07, 6.45) is -1.82. The van der Waals surface area contributed by atoms with E-state index in [-0.39, 0.29) is 50.0 Å². The van der Waals surface area contributed by atoms with Gasteiger partial charge in [0.1, 0.15) is 12.2 Å². The Kier molecular flexibility index (Phi) is 15.7. The van der Waals surface area contributed by atoms with Crippen LogP contribution in [0.2, 0.25) is 0 Å². The lowest BCUT2D eigenvalue weighted by molar-refractivity contribution is -0.0907. The number of nitrogens with zero attached hydrogens (tertiary/aromatic N) is 2. The number of phosphoric ester groups is 1. The number of sulfonamides is 1. The van der Waals surface area contributed by atoms with Crippen LogP contribution in [0.3, 0.4) is 0 Å². The summed E-state index contributed by atoms with van der Waals surface area (Å²) in [5, 5.41) is 12.5. The molecule has 0 aliphatic carbocycles. The standard InChI is InChI=1S/C45H54N3O10PS/c1-34-20-22-38(23-21-34)60(51,52)48(33-45(2,3)25-13-26-46)29-41(58-59(50,55-30-36-16-9-5-10-17-36)56-31-37-18-11-6-12-19-37)40(28-35-14-7-4-8-15-35)47-44(49)57-42-32-54-43-39(42)24-27-53-43/h4-12,14-23,39-43H,13,24-25,27-33H2,1-3H3,(H,47,49)/t39?,40-,41?,42?,43?/m0/s1. The molecule has 2 aliphatic rings. The van der Waals surface area contributed by atoms with Gasteiger partial charge >= 0.3 is 13.9 Å². The number of hydrogen-bond donors (Lipinski definition) is 1. The molecule has 5 atom stereocenters. The summed E-state index contributed by atoms with van der Waals surface area (Å²) in [7, 11) is -8.88. The summed E-state index contributed by atoms with van der Waals surface area (Å²) in [4.78, 5) is 14.0. The lowest BCUT2D eigenvalue weighted by Crippen LogP contribution is -2.53. The van der Waals surface area contributed by atoms with Crippen LogP contribution < -0.4 is 5.32 Å². The third kappa shape index (κ3) is 12.8. The van der Waals surface area contributed by atoms with E-state index in [9.17, 15) is 18.5 Å². The van der Waals surface area contributed by atoms with E-state index in [1.165, 1.54) is 16.4 Å². The highest BCUT2D eigenvalue weighted by molar-refractivity contribution is 7.89. The van der Waals surface area contributed by atoms with Crippen LogP contribution in [0.5, 0.6) is 0 Å². The van der Waals surface area contributed by atoms with Gasteiger partial charge in [0, 0.05) is 19.5 Å². The molecule has 2 heterocycles. The predicted octanol–water partition coefficient (Wildman–Crippen LogP) is 8.34. The van der Waals surface area contributed by atoms with Gasteiger partial charge in [-0.05, 0) is 60.4 Å². The summed E-state index contributed by atoms with van der Waals surface area (Å²) in [5.41, 5.74) is 2.34. The zero-order valence-corrected chi connectivity index (χ0v) is 36.0. The third-order valence-corrected chi connectivity index (χ3v) is 13.8. The number of nitrogens with one attached hydrogen (secondary N) is 1. The average molecular weight is 860 g/mol. The lowest BCUT2D eigenvalue weighted by atomic mass is 9.88. The molecule has 13 nitrogen and oxygen atoms in total. The van der Waals surface area contributed by atoms with Crippen molar-refractivity contribution < 1.29 is 45.6 Å². The fraction of sp³-hybridized carbons (Fsp3) is 0.422. The normalized spacial score (nSPS) is 19.0. The number of fused-ring (bicyclic) bond motifs is 1. The number of benzene rings is 4. The molecule has 4 aromatic carbocycles. The van der Waals surface area contributed by atoms with E-state index in [2.05, 4.69) is 11.4 Å². The van der Waals surface area contributed by atoms with E-state index in [1.807, 2.05) is 87.5 Å². The molecule has 6 rings (SSSR count). The number of nitriles is 1. The zero-order chi connectivity index (χ0) is 42.6. The third-order valence-electron chi connectivity index (χ3n) is 10.6. The van der Waals surface area contributed by atoms with Crippen molar-refractivity contribution in [1.29, 1.82) is 5.26 Å². The molecular weight excluding hydrogens is 806 g/mol. The number of ether oxygens (including phenoxy) is 3. The Labute approximate surface area is 353 Å². The first kappa shape index (κ1) is 45.1. The smallest absolute Gasteiger partial charge is 0.443 e. The van der Waals surface area contributed by atoms with E-state index < -0.39 is 60.4 Å². The molecule has 0 aromatic heterocycles. The molecule has 2 aliphatic heterocycles. The molecule has 60 heavy (non-hydrogen) atoms. The Bertz CT molecular complexity index is 2130. The van der Waals surface area contributed by atoms with Crippen molar-refractivity contribution in [3.05, 3.63) is 138 Å². The Morgan fingerprint density at radius 1 is 0.900 bits per heavy atom. The maximum absolute atomic E-state index is 15.1. The average Bonchev–Trinajstić information content (AvgIpc) is 3.87. The number of hydrogen-bond acceptors (Lipinski definition) is 11. The maximum Gasteiger partial charge on any atom is 0.475 e. The van der Waals surface area contributed by atoms with Gasteiger partial charge in [0.15, 0.2) is 6.29 Å². The van der Waals surface area contributed by atoms with Crippen molar-refractivity contribution in [2.75, 3.05) is 26.3 Å². The number of carbonyl (C=O) groups is 1. The van der Waals surface area contributed by atoms with Crippen molar-refractivity contribution in [3.8, 4) is 6.07 Å². The summed E-state index contributed by atoms with van der Waals surface area (Å²) >= 11 is 0. The highest BCUT2D eigenvalue weighted by atomic mass is 32.2. The van der Waals surface area contributed by atoms with Crippen molar-refractivity contribution in [2.45, 2.75) is 89.1 Å². The number of carbonyl (C=O) groups excluding carboxylic acids is 1. The molecule has 15 heteroatoms. The quantitative estimate of drug-likeness (QED) is 0.0802. The summed E-state index contributed by atoms with van der Waals surface area (Å²) in [5.74, 6) is -0.140. The molecule has 0 spiro atoms. The molecular formula is C45H54N3O10PS. The van der Waals surface area contributed by atoms with E-state index >= 15 is 4.57 Å². The molecule has 4 unspecified atom stereocenters. The van der Waals surface area contributed by atoms with Crippen molar-refractivity contribution >= 4 is 23.9 Å². The Hall–Kier alpha value is -4.42. The lowest BCUT2D eigenvalue weighted by Gasteiger charge is -2.37. The molecule has 2 fully saturated rings. The van der Waals surface area contributed by atoms with Gasteiger partial charge in [-0.25, -0.2) is 17.8 Å². The van der Waals surface area contributed by atoms with Gasteiger partial charge in [-0.2, -0.15) is 9.57 Å². The van der Waals surface area contributed by atoms with Crippen LogP contribution in [0.15, 0.2) is 120 Å². The van der Waals surface area contributed by atoms with Crippen molar-refractivity contribution in [1.82, 2.24) is 9.62 Å². The van der Waals surface area contributed by atoms with Gasteiger partial charge in [0.25, 0.3) is 0 Å². The van der Waals surface area contributed by atoms with E-state index in [0.29, 0.717) is 30.6 Å². The minimum Gasteiger partial charge on any atom is -0.443 e. The van der Waals surface area contributed by atoms with Crippen LogP contribution in [0, 0.1) is 29.6 Å². The second-order valence-corrected chi connectivity index (χ2v) is 19.5. The maximum atomic E-state index is 15.1. The molecule has 2 saturated heterocycles. The zero-order valence-electron chi connectivity index (χ0n) is 34.3. The molecule has 0 saturated carbocycles. The minimum atomic E-state index is -4.60. The summed E-state index contributed by atoms with van der Waals surface area (Å²) in [6, 6.07) is 35.1. The number of alkyl carbamates (subject to hydrolysis) is 1. The van der Waals surface area contributed by atoms with E-state index in [4.69, 9.17) is 27.8 Å². The SMILES string of the molecule is Cc1ccc(S(=O)(=O)N(CC(OP(=O)(OCc2ccccc2)OCc2ccccc2)[C@H](Cc2ccccc2)NC(=O)OC2COC3OCCC23)CC(C)(C)CCC#N)cc1. The number of phosphoric acid groups is 1. The van der Waals surface area contributed by atoms with Gasteiger partial charge in [0.05, 0.1) is 49.4 Å². The molecule has 1 N–H and O–H groups in total.